The van der Waals surface area contributed by atoms with E-state index in [0.29, 0.717) is 32.4 Å². The van der Waals surface area contributed by atoms with Crippen molar-refractivity contribution < 1.29 is 22.0 Å². The molecular weight excluding hydrogens is 466 g/mol. The van der Waals surface area contributed by atoms with E-state index in [1.54, 1.807) is 24.3 Å². The Kier molecular flexibility index (Phi) is 6.35. The Morgan fingerprint density at radius 2 is 1.42 bits per heavy atom. The summed E-state index contributed by atoms with van der Waals surface area (Å²) >= 11 is 1.22. The standard InChI is InChI=1S/C24H18F2N2O3S2/c1-33(30,31)20-12-6-16(7-13-20)22-23(17-4-10-19(26)11-5-17)32-24(28-22)27-21(29)14-15-2-8-18(25)9-3-15/h2-13H,14H2,1H3,(H,27,28,29). The zero-order valence-electron chi connectivity index (χ0n) is 17.4. The molecule has 33 heavy (non-hydrogen) atoms. The highest BCUT2D eigenvalue weighted by molar-refractivity contribution is 7.90. The van der Waals surface area contributed by atoms with Crippen LogP contribution in [0.4, 0.5) is 13.9 Å². The van der Waals surface area contributed by atoms with Crippen molar-refractivity contribution in [3.8, 4) is 21.7 Å². The average molecular weight is 485 g/mol. The number of halogens is 2. The quantitative estimate of drug-likeness (QED) is 0.401. The SMILES string of the molecule is CS(=O)(=O)c1ccc(-c2nc(NC(=O)Cc3ccc(F)cc3)sc2-c2ccc(F)cc2)cc1. The van der Waals surface area contributed by atoms with Crippen molar-refractivity contribution in [3.63, 3.8) is 0 Å². The number of rotatable bonds is 6. The zero-order valence-corrected chi connectivity index (χ0v) is 19.0. The first kappa shape index (κ1) is 22.8. The van der Waals surface area contributed by atoms with E-state index in [0.717, 1.165) is 6.26 Å². The third-order valence-corrected chi connectivity index (χ3v) is 6.96. The minimum absolute atomic E-state index is 0.0458. The second-order valence-corrected chi connectivity index (χ2v) is 10.4. The van der Waals surface area contributed by atoms with Crippen molar-refractivity contribution in [2.75, 3.05) is 11.6 Å². The highest BCUT2D eigenvalue weighted by atomic mass is 32.2. The summed E-state index contributed by atoms with van der Waals surface area (Å²) in [5, 5.41) is 3.09. The van der Waals surface area contributed by atoms with Gasteiger partial charge in [-0.15, -0.1) is 0 Å². The number of carbonyl (C=O) groups is 1. The first-order valence-corrected chi connectivity index (χ1v) is 12.5. The van der Waals surface area contributed by atoms with Crippen LogP contribution in [0.1, 0.15) is 5.56 Å². The molecule has 1 N–H and O–H groups in total. The summed E-state index contributed by atoms with van der Waals surface area (Å²) in [5.74, 6) is -1.08. The first-order chi connectivity index (χ1) is 15.7. The number of carbonyl (C=O) groups excluding carboxylic acids is 1. The van der Waals surface area contributed by atoms with Crippen LogP contribution in [0.15, 0.2) is 77.7 Å². The van der Waals surface area contributed by atoms with Crippen LogP contribution in [0.3, 0.4) is 0 Å². The molecule has 0 saturated heterocycles. The van der Waals surface area contributed by atoms with Gasteiger partial charge in [-0.3, -0.25) is 4.79 Å². The fourth-order valence-electron chi connectivity index (χ4n) is 3.18. The van der Waals surface area contributed by atoms with Gasteiger partial charge in [-0.2, -0.15) is 0 Å². The summed E-state index contributed by atoms with van der Waals surface area (Å²) in [4.78, 5) is 17.9. The Hall–Kier alpha value is -3.43. The van der Waals surface area contributed by atoms with Crippen molar-refractivity contribution in [2.24, 2.45) is 0 Å². The number of aromatic nitrogens is 1. The van der Waals surface area contributed by atoms with Crippen molar-refractivity contribution in [1.29, 1.82) is 0 Å². The number of thiazole rings is 1. The molecule has 0 aliphatic rings. The maximum absolute atomic E-state index is 13.4. The number of sulfone groups is 1. The molecule has 1 heterocycles. The predicted molar refractivity (Wildman–Crippen MR) is 125 cm³/mol. The van der Waals surface area contributed by atoms with Crippen molar-refractivity contribution in [1.82, 2.24) is 4.98 Å². The average Bonchev–Trinajstić information content (AvgIpc) is 3.19. The number of nitrogens with zero attached hydrogens (tertiary/aromatic N) is 1. The van der Waals surface area contributed by atoms with Gasteiger partial charge < -0.3 is 5.32 Å². The van der Waals surface area contributed by atoms with Gasteiger partial charge in [-0.25, -0.2) is 22.2 Å². The first-order valence-electron chi connectivity index (χ1n) is 9.80. The molecule has 0 bridgehead atoms. The molecule has 9 heteroatoms. The molecule has 1 amide bonds. The molecule has 0 unspecified atom stereocenters. The number of nitrogens with one attached hydrogen (secondary N) is 1. The summed E-state index contributed by atoms with van der Waals surface area (Å²) in [5.41, 5.74) is 2.54. The van der Waals surface area contributed by atoms with Gasteiger partial charge in [0.25, 0.3) is 0 Å². The number of hydrogen-bond acceptors (Lipinski definition) is 5. The second-order valence-electron chi connectivity index (χ2n) is 7.35. The largest absolute Gasteiger partial charge is 0.302 e. The molecule has 0 spiro atoms. The topological polar surface area (TPSA) is 76.1 Å². The van der Waals surface area contributed by atoms with Gasteiger partial charge in [0.05, 0.1) is 21.9 Å². The van der Waals surface area contributed by atoms with E-state index in [2.05, 4.69) is 10.3 Å². The molecule has 1 aromatic heterocycles. The number of benzene rings is 3. The van der Waals surface area contributed by atoms with Gasteiger partial charge in [0.2, 0.25) is 5.91 Å². The number of anilines is 1. The van der Waals surface area contributed by atoms with E-state index in [4.69, 9.17) is 0 Å². The van der Waals surface area contributed by atoms with E-state index in [1.807, 2.05) is 0 Å². The van der Waals surface area contributed by atoms with Crippen molar-refractivity contribution in [3.05, 3.63) is 90.0 Å². The molecule has 5 nitrogen and oxygen atoms in total. The molecule has 4 aromatic rings. The van der Waals surface area contributed by atoms with Crippen LogP contribution in [-0.2, 0) is 21.1 Å². The van der Waals surface area contributed by atoms with Gasteiger partial charge in [0.1, 0.15) is 11.6 Å². The van der Waals surface area contributed by atoms with Gasteiger partial charge >= 0.3 is 0 Å². The normalized spacial score (nSPS) is 11.4. The van der Waals surface area contributed by atoms with Crippen LogP contribution >= 0.6 is 11.3 Å². The highest BCUT2D eigenvalue weighted by Crippen LogP contribution is 2.39. The Bertz CT molecular complexity index is 1400. The fraction of sp³-hybridized carbons (Fsp3) is 0.0833. The summed E-state index contributed by atoms with van der Waals surface area (Å²) in [6.45, 7) is 0. The second kappa shape index (κ2) is 9.21. The van der Waals surface area contributed by atoms with Crippen LogP contribution in [0.2, 0.25) is 0 Å². The van der Waals surface area contributed by atoms with Crippen LogP contribution in [-0.4, -0.2) is 25.6 Å². The molecule has 0 saturated carbocycles. The Morgan fingerprint density at radius 3 is 2.00 bits per heavy atom. The molecule has 0 fully saturated rings. The number of amides is 1. The van der Waals surface area contributed by atoms with Gasteiger partial charge in [0, 0.05) is 11.8 Å². The molecule has 0 aliphatic heterocycles. The minimum atomic E-state index is -3.35. The molecule has 0 atom stereocenters. The van der Waals surface area contributed by atoms with Gasteiger partial charge in [-0.05, 0) is 47.5 Å². The van der Waals surface area contributed by atoms with E-state index < -0.39 is 9.84 Å². The lowest BCUT2D eigenvalue weighted by Crippen LogP contribution is -2.14. The van der Waals surface area contributed by atoms with Gasteiger partial charge in [0.15, 0.2) is 15.0 Å². The number of hydrogen-bond donors (Lipinski definition) is 1. The summed E-state index contributed by atoms with van der Waals surface area (Å²) in [6.07, 6.45) is 1.17. The van der Waals surface area contributed by atoms with E-state index in [9.17, 15) is 22.0 Å². The van der Waals surface area contributed by atoms with E-state index in [1.165, 1.54) is 59.9 Å². The predicted octanol–water partition coefficient (Wildman–Crippen LogP) is 5.34. The third-order valence-electron chi connectivity index (χ3n) is 4.81. The summed E-state index contributed by atoms with van der Waals surface area (Å²) in [6, 6.07) is 17.8. The van der Waals surface area contributed by atoms with Gasteiger partial charge in [-0.1, -0.05) is 47.7 Å². The van der Waals surface area contributed by atoms with Crippen LogP contribution in [0.5, 0.6) is 0 Å². The van der Waals surface area contributed by atoms with Crippen LogP contribution in [0, 0.1) is 11.6 Å². The Morgan fingerprint density at radius 1 is 0.879 bits per heavy atom. The zero-order chi connectivity index (χ0) is 23.6. The van der Waals surface area contributed by atoms with Crippen LogP contribution < -0.4 is 5.32 Å². The fourth-order valence-corrected chi connectivity index (χ4v) is 4.82. The molecule has 4 rings (SSSR count). The smallest absolute Gasteiger partial charge is 0.230 e. The molecule has 0 aliphatic carbocycles. The van der Waals surface area contributed by atoms with Crippen molar-refractivity contribution in [2.45, 2.75) is 11.3 Å². The third kappa shape index (κ3) is 5.50. The highest BCUT2D eigenvalue weighted by Gasteiger charge is 2.18. The van der Waals surface area contributed by atoms with E-state index >= 15 is 0 Å². The Balaban J connectivity index is 1.67. The van der Waals surface area contributed by atoms with E-state index in [-0.39, 0.29) is 28.9 Å². The molecule has 0 radical (unpaired) electrons. The minimum Gasteiger partial charge on any atom is -0.302 e. The van der Waals surface area contributed by atoms with Crippen molar-refractivity contribution >= 4 is 32.2 Å². The van der Waals surface area contributed by atoms with Crippen LogP contribution in [0.25, 0.3) is 21.7 Å². The molecule has 3 aromatic carbocycles. The maximum Gasteiger partial charge on any atom is 0.230 e. The monoisotopic (exact) mass is 484 g/mol. The molecular formula is C24H18F2N2O3S2. The lowest BCUT2D eigenvalue weighted by Gasteiger charge is -2.04. The lowest BCUT2D eigenvalue weighted by atomic mass is 10.1. The summed E-state index contributed by atoms with van der Waals surface area (Å²) < 4.78 is 50.1. The summed E-state index contributed by atoms with van der Waals surface area (Å²) in [7, 11) is -3.35. The maximum atomic E-state index is 13.4. The molecule has 168 valence electrons. The Labute approximate surface area is 193 Å². The lowest BCUT2D eigenvalue weighted by molar-refractivity contribution is -0.115.